The molecule has 24 heavy (non-hydrogen) atoms. The third kappa shape index (κ3) is 4.10. The summed E-state index contributed by atoms with van der Waals surface area (Å²) in [5.74, 6) is -0.630. The van der Waals surface area contributed by atoms with Gasteiger partial charge in [0.1, 0.15) is 11.6 Å². The van der Waals surface area contributed by atoms with E-state index in [1.807, 2.05) is 27.7 Å². The van der Waals surface area contributed by atoms with E-state index in [1.165, 1.54) is 12.1 Å². The lowest BCUT2D eigenvalue weighted by Gasteiger charge is -2.32. The van der Waals surface area contributed by atoms with Gasteiger partial charge in [-0.25, -0.2) is 4.39 Å². The second kappa shape index (κ2) is 7.02. The minimum atomic E-state index is -3.05. The van der Waals surface area contributed by atoms with Crippen molar-refractivity contribution >= 4 is 25.8 Å². The first kappa shape index (κ1) is 19.2. The van der Waals surface area contributed by atoms with Crippen LogP contribution in [-0.4, -0.2) is 30.7 Å². The average Bonchev–Trinajstić information content (AvgIpc) is 2.66. The molecule has 2 rings (SSSR count). The fourth-order valence-electron chi connectivity index (χ4n) is 2.21. The molecule has 1 aromatic carbocycles. The van der Waals surface area contributed by atoms with E-state index in [1.54, 1.807) is 6.08 Å². The number of halogens is 3. The molecular weight excluding hydrogens is 340 g/mol. The number of thiol groups is 1. The normalized spacial score (nSPS) is 19.9. The van der Waals surface area contributed by atoms with E-state index in [2.05, 4.69) is 17.4 Å². The Kier molecular flexibility index (Phi) is 5.62. The molecule has 3 nitrogen and oxygen atoms in total. The zero-order chi connectivity index (χ0) is 18.1. The summed E-state index contributed by atoms with van der Waals surface area (Å²) in [5, 5.41) is 0. The maximum absolute atomic E-state index is 13.3. The van der Waals surface area contributed by atoms with Crippen molar-refractivity contribution in [2.75, 3.05) is 5.75 Å². The van der Waals surface area contributed by atoms with Gasteiger partial charge in [-0.3, -0.25) is 0 Å². The van der Waals surface area contributed by atoms with Gasteiger partial charge in [-0.05, 0) is 45.3 Å². The molecule has 132 valence electrons. The summed E-state index contributed by atoms with van der Waals surface area (Å²) in [5.41, 5.74) is -0.145. The van der Waals surface area contributed by atoms with Gasteiger partial charge in [-0.1, -0.05) is 6.08 Å². The highest BCUT2D eigenvalue weighted by atomic mass is 32.1. The predicted molar refractivity (Wildman–Crippen MR) is 90.9 cm³/mol. The van der Waals surface area contributed by atoms with Crippen LogP contribution in [-0.2, 0) is 9.31 Å². The summed E-state index contributed by atoms with van der Waals surface area (Å²) >= 11 is 4.27. The lowest BCUT2D eigenvalue weighted by molar-refractivity contribution is -0.0501. The Hall–Kier alpha value is -1.12. The number of hydrogen-bond donors (Lipinski definition) is 1. The molecule has 0 bridgehead atoms. The van der Waals surface area contributed by atoms with Crippen LogP contribution in [0.4, 0.5) is 13.2 Å². The van der Waals surface area contributed by atoms with E-state index in [-0.39, 0.29) is 11.5 Å². The summed E-state index contributed by atoms with van der Waals surface area (Å²) in [7, 11) is -0.669. The van der Waals surface area contributed by atoms with Crippen LogP contribution in [0.5, 0.6) is 5.75 Å². The van der Waals surface area contributed by atoms with Crippen molar-refractivity contribution in [3.05, 3.63) is 35.1 Å². The van der Waals surface area contributed by atoms with Gasteiger partial charge < -0.3 is 14.0 Å². The highest BCUT2D eigenvalue weighted by Gasteiger charge is 2.52. The molecule has 1 aromatic rings. The van der Waals surface area contributed by atoms with Crippen LogP contribution in [0.3, 0.4) is 0 Å². The third-order valence-electron chi connectivity index (χ3n) is 4.27. The predicted octanol–water partition coefficient (Wildman–Crippen LogP) is 4.37. The molecule has 8 heteroatoms. The first-order valence-electron chi connectivity index (χ1n) is 7.47. The van der Waals surface area contributed by atoms with Crippen LogP contribution >= 0.6 is 12.6 Å². The second-order valence-electron chi connectivity index (χ2n) is 6.53. The molecule has 0 aliphatic carbocycles. The first-order chi connectivity index (χ1) is 11.1. The summed E-state index contributed by atoms with van der Waals surface area (Å²) < 4.78 is 54.6. The van der Waals surface area contributed by atoms with Crippen molar-refractivity contribution < 1.29 is 27.2 Å². The Morgan fingerprint density at radius 3 is 2.33 bits per heavy atom. The quantitative estimate of drug-likeness (QED) is 0.624. The maximum Gasteiger partial charge on any atom is 0.491 e. The Bertz CT molecular complexity index is 619. The molecule has 0 aromatic heterocycles. The monoisotopic (exact) mass is 360 g/mol. The highest BCUT2D eigenvalue weighted by Crippen LogP contribution is 2.39. The number of ether oxygens (including phenoxy) is 1. The Morgan fingerprint density at radius 1 is 1.25 bits per heavy atom. The average molecular weight is 360 g/mol. The molecule has 0 amide bonds. The van der Waals surface area contributed by atoms with E-state index in [4.69, 9.17) is 9.31 Å². The molecule has 1 saturated heterocycles. The van der Waals surface area contributed by atoms with E-state index in [0.717, 1.165) is 6.07 Å². The zero-order valence-corrected chi connectivity index (χ0v) is 14.9. The molecule has 1 heterocycles. The van der Waals surface area contributed by atoms with Gasteiger partial charge in [-0.15, -0.1) is 0 Å². The molecule has 1 fully saturated rings. The fourth-order valence-corrected chi connectivity index (χ4v) is 2.45. The molecule has 0 atom stereocenters. The molecular formula is C16H20BF3O3S. The van der Waals surface area contributed by atoms with Crippen LogP contribution in [0, 0.1) is 5.82 Å². The lowest BCUT2D eigenvalue weighted by Crippen LogP contribution is -2.41. The van der Waals surface area contributed by atoms with Crippen LogP contribution in [0.2, 0.25) is 0 Å². The Morgan fingerprint density at radius 2 is 1.83 bits per heavy atom. The number of alkyl halides is 2. The lowest BCUT2D eigenvalue weighted by atomic mass is 9.78. The number of rotatable bonds is 5. The van der Waals surface area contributed by atoms with Gasteiger partial charge in [0, 0.05) is 17.4 Å². The summed E-state index contributed by atoms with van der Waals surface area (Å²) in [4.78, 5) is 0. The third-order valence-corrected chi connectivity index (χ3v) is 4.64. The summed E-state index contributed by atoms with van der Waals surface area (Å²) in [6.07, 6.45) is 1.58. The highest BCUT2D eigenvalue weighted by molar-refractivity contribution is 7.80. The SMILES string of the molecule is CC1(C)OB(C(=Cc2ccc(F)cc2OC(F)F)CS)OC1(C)C. The largest absolute Gasteiger partial charge is 0.491 e. The van der Waals surface area contributed by atoms with Crippen molar-refractivity contribution in [3.8, 4) is 5.75 Å². The topological polar surface area (TPSA) is 27.7 Å². The van der Waals surface area contributed by atoms with Gasteiger partial charge in [-0.2, -0.15) is 21.4 Å². The van der Waals surface area contributed by atoms with E-state index in [0.29, 0.717) is 11.0 Å². The van der Waals surface area contributed by atoms with Crippen LogP contribution < -0.4 is 4.74 Å². The van der Waals surface area contributed by atoms with Gasteiger partial charge >= 0.3 is 13.7 Å². The minimum absolute atomic E-state index is 0.249. The van der Waals surface area contributed by atoms with Gasteiger partial charge in [0.2, 0.25) is 0 Å². The van der Waals surface area contributed by atoms with Gasteiger partial charge in [0.25, 0.3) is 0 Å². The minimum Gasteiger partial charge on any atom is -0.434 e. The smallest absolute Gasteiger partial charge is 0.434 e. The Balaban J connectivity index is 2.35. The van der Waals surface area contributed by atoms with Crippen molar-refractivity contribution in [2.24, 2.45) is 0 Å². The van der Waals surface area contributed by atoms with Crippen molar-refractivity contribution in [3.63, 3.8) is 0 Å². The molecule has 0 saturated carbocycles. The summed E-state index contributed by atoms with van der Waals surface area (Å²) in [6, 6.07) is 3.45. The van der Waals surface area contributed by atoms with Crippen molar-refractivity contribution in [1.82, 2.24) is 0 Å². The number of hydrogen-bond acceptors (Lipinski definition) is 4. The fraction of sp³-hybridized carbons (Fsp3) is 0.500. The Labute approximate surface area is 145 Å². The maximum atomic E-state index is 13.3. The molecule has 0 N–H and O–H groups in total. The molecule has 0 unspecified atom stereocenters. The van der Waals surface area contributed by atoms with Crippen molar-refractivity contribution in [1.29, 1.82) is 0 Å². The van der Waals surface area contributed by atoms with E-state index < -0.39 is 30.7 Å². The van der Waals surface area contributed by atoms with E-state index >= 15 is 0 Å². The second-order valence-corrected chi connectivity index (χ2v) is 6.84. The first-order valence-corrected chi connectivity index (χ1v) is 8.10. The van der Waals surface area contributed by atoms with E-state index in [9.17, 15) is 13.2 Å². The molecule has 0 spiro atoms. The summed E-state index contributed by atoms with van der Waals surface area (Å²) in [6.45, 7) is 4.59. The van der Waals surface area contributed by atoms with Crippen LogP contribution in [0.25, 0.3) is 6.08 Å². The molecule has 0 radical (unpaired) electrons. The standard InChI is InChI=1S/C16H20BF3O3S/c1-15(2)16(3,4)23-17(22-15)11(9-24)7-10-5-6-12(18)8-13(10)21-14(19)20/h5-8,14,24H,9H2,1-4H3. The molecule has 1 aliphatic heterocycles. The van der Waals surface area contributed by atoms with Crippen LogP contribution in [0.15, 0.2) is 23.7 Å². The zero-order valence-electron chi connectivity index (χ0n) is 14.0. The number of benzene rings is 1. The van der Waals surface area contributed by atoms with Crippen molar-refractivity contribution in [2.45, 2.75) is 45.5 Å². The van der Waals surface area contributed by atoms with Gasteiger partial charge in [0.05, 0.1) is 11.2 Å². The molecule has 1 aliphatic rings. The van der Waals surface area contributed by atoms with Crippen LogP contribution in [0.1, 0.15) is 33.3 Å². The van der Waals surface area contributed by atoms with Gasteiger partial charge in [0.15, 0.2) is 0 Å².